The third kappa shape index (κ3) is 3.86. The first-order valence-corrected chi connectivity index (χ1v) is 13.2. The first-order chi connectivity index (χ1) is 18.1. The molecule has 3 aliphatic heterocycles. The largest absolute Gasteiger partial charge is 0.393 e. The third-order valence-corrected chi connectivity index (χ3v) is 8.36. The maximum Gasteiger partial charge on any atom is 0.264 e. The molecule has 7 rings (SSSR count). The molecule has 7 nitrogen and oxygen atoms in total. The van der Waals surface area contributed by atoms with E-state index in [1.54, 1.807) is 6.20 Å². The molecule has 1 unspecified atom stereocenters. The molecule has 0 spiro atoms. The summed E-state index contributed by atoms with van der Waals surface area (Å²) in [6.07, 6.45) is 9.31. The van der Waals surface area contributed by atoms with Gasteiger partial charge in [-0.25, -0.2) is 4.98 Å². The van der Waals surface area contributed by atoms with E-state index in [9.17, 15) is 5.11 Å². The van der Waals surface area contributed by atoms with Gasteiger partial charge < -0.3 is 10.0 Å². The van der Waals surface area contributed by atoms with Gasteiger partial charge in [0.05, 0.1) is 35.3 Å². The second-order valence-electron chi connectivity index (χ2n) is 10.6. The van der Waals surface area contributed by atoms with Crippen molar-refractivity contribution in [1.29, 1.82) is 0 Å². The lowest BCUT2D eigenvalue weighted by atomic mass is 9.76. The summed E-state index contributed by atoms with van der Waals surface area (Å²) in [6.45, 7) is 1.96. The smallest absolute Gasteiger partial charge is 0.264 e. The molecule has 1 aromatic heterocycles. The van der Waals surface area contributed by atoms with Gasteiger partial charge in [-0.15, -0.1) is 4.59 Å². The van der Waals surface area contributed by atoms with Crippen LogP contribution in [-0.4, -0.2) is 56.9 Å². The van der Waals surface area contributed by atoms with Crippen molar-refractivity contribution in [1.82, 2.24) is 9.88 Å². The van der Waals surface area contributed by atoms with Crippen LogP contribution in [0.5, 0.6) is 0 Å². The fraction of sp³-hybridized carbons (Fsp3) is 0.300. The van der Waals surface area contributed by atoms with Crippen LogP contribution in [0.4, 0.5) is 0 Å². The van der Waals surface area contributed by atoms with Crippen LogP contribution >= 0.6 is 0 Å². The molecule has 4 heterocycles. The number of fused-ring (bicyclic) bond motifs is 2. The molecule has 7 heteroatoms. The van der Waals surface area contributed by atoms with Gasteiger partial charge in [0.15, 0.2) is 0 Å². The Hall–Kier alpha value is -3.49. The molecule has 0 radical (unpaired) electrons. The predicted molar refractivity (Wildman–Crippen MR) is 146 cm³/mol. The van der Waals surface area contributed by atoms with E-state index in [2.05, 4.69) is 52.4 Å². The number of nitrogens with zero attached hydrogens (tertiary/aromatic N) is 5. The van der Waals surface area contributed by atoms with E-state index in [0.29, 0.717) is 12.0 Å². The molecule has 3 aromatic rings. The molecular formula is C30H31N6O+. The highest BCUT2D eigenvalue weighted by Crippen LogP contribution is 2.44. The summed E-state index contributed by atoms with van der Waals surface area (Å²) in [4.78, 5) is 17.1. The Labute approximate surface area is 216 Å². The van der Waals surface area contributed by atoms with Crippen LogP contribution in [-0.2, 0) is 0 Å². The summed E-state index contributed by atoms with van der Waals surface area (Å²) in [5, 5.41) is 11.0. The van der Waals surface area contributed by atoms with Crippen molar-refractivity contribution in [3.05, 3.63) is 90.0 Å². The number of hydrogen-bond acceptors (Lipinski definition) is 6. The summed E-state index contributed by atoms with van der Waals surface area (Å²) in [7, 11) is 0. The third-order valence-electron chi connectivity index (χ3n) is 8.36. The highest BCUT2D eigenvalue weighted by Gasteiger charge is 2.49. The number of likely N-dealkylation sites (tertiary alicyclic amines) is 1. The summed E-state index contributed by atoms with van der Waals surface area (Å²) < 4.78 is 0.0415. The van der Waals surface area contributed by atoms with Crippen molar-refractivity contribution in [3.8, 4) is 11.3 Å². The van der Waals surface area contributed by atoms with Crippen LogP contribution in [0.15, 0.2) is 94.4 Å². The van der Waals surface area contributed by atoms with E-state index in [0.717, 1.165) is 83.7 Å². The highest BCUT2D eigenvalue weighted by atomic mass is 16.3. The normalized spacial score (nSPS) is 27.9. The molecule has 4 aliphatic rings. The minimum Gasteiger partial charge on any atom is -0.393 e. The number of quaternary nitrogens is 1. The van der Waals surface area contributed by atoms with Crippen LogP contribution in [0.3, 0.4) is 0 Å². The van der Waals surface area contributed by atoms with Gasteiger partial charge in [-0.3, -0.25) is 4.99 Å². The Morgan fingerprint density at radius 3 is 2.54 bits per heavy atom. The number of rotatable bonds is 4. The number of benzene rings is 2. The maximum absolute atomic E-state index is 9.87. The quantitative estimate of drug-likeness (QED) is 0.420. The number of aromatic nitrogens is 1. The van der Waals surface area contributed by atoms with Gasteiger partial charge in [0.2, 0.25) is 5.70 Å². The minimum atomic E-state index is -0.139. The second-order valence-corrected chi connectivity index (χ2v) is 10.6. The maximum atomic E-state index is 9.87. The zero-order valence-corrected chi connectivity index (χ0v) is 20.7. The molecular weight excluding hydrogens is 460 g/mol. The zero-order valence-electron chi connectivity index (χ0n) is 20.7. The number of aliphatic imine (C=N–C) groups is 2. The number of pyridine rings is 1. The topological polar surface area (TPSA) is 87.1 Å². The molecule has 37 heavy (non-hydrogen) atoms. The lowest BCUT2D eigenvalue weighted by Crippen LogP contribution is -2.53. The summed E-state index contributed by atoms with van der Waals surface area (Å²) in [5.41, 5.74) is 5.96. The number of aliphatic hydroxyl groups excluding tert-OH is 1. The standard InChI is InChI=1S/C30H31N6O/c31-36-15-12-32-19-28(36)29(23-16-24(17-23)35-13-10-25(37)11-14-35)34-30(36)22-7-6-21-8-9-26(33-27(21)18-22)20-4-2-1-3-5-20/h1-9,12,15,18-19,23-25,37H,10-11,13-14,16-17,31H2/q+1. The van der Waals surface area contributed by atoms with Crippen molar-refractivity contribution in [2.24, 2.45) is 21.7 Å². The molecule has 1 saturated heterocycles. The molecule has 0 amide bonds. The molecule has 1 aliphatic carbocycles. The molecule has 1 atom stereocenters. The number of amidine groups is 1. The van der Waals surface area contributed by atoms with Crippen LogP contribution in [0.2, 0.25) is 0 Å². The Bertz CT molecular complexity index is 1480. The van der Waals surface area contributed by atoms with E-state index in [1.165, 1.54) is 0 Å². The number of piperidine rings is 1. The van der Waals surface area contributed by atoms with Crippen LogP contribution in [0.25, 0.3) is 22.2 Å². The lowest BCUT2D eigenvalue weighted by molar-refractivity contribution is -0.750. The van der Waals surface area contributed by atoms with E-state index >= 15 is 0 Å². The average Bonchev–Trinajstić information content (AvgIpc) is 3.21. The predicted octanol–water partition coefficient (Wildman–Crippen LogP) is 4.36. The van der Waals surface area contributed by atoms with E-state index in [4.69, 9.17) is 15.8 Å². The van der Waals surface area contributed by atoms with Gasteiger partial charge in [-0.05, 0) is 43.9 Å². The van der Waals surface area contributed by atoms with Gasteiger partial charge >= 0.3 is 0 Å². The lowest BCUT2D eigenvalue weighted by Gasteiger charge is -2.45. The van der Waals surface area contributed by atoms with Crippen LogP contribution < -0.4 is 5.84 Å². The van der Waals surface area contributed by atoms with Crippen molar-refractivity contribution in [3.63, 3.8) is 0 Å². The highest BCUT2D eigenvalue weighted by molar-refractivity contribution is 6.02. The van der Waals surface area contributed by atoms with Crippen molar-refractivity contribution >= 4 is 23.0 Å². The van der Waals surface area contributed by atoms with Crippen molar-refractivity contribution < 1.29 is 9.70 Å². The number of allylic oxidation sites excluding steroid dienone is 2. The van der Waals surface area contributed by atoms with Crippen molar-refractivity contribution in [2.75, 3.05) is 13.1 Å². The number of aliphatic hydroxyl groups is 1. The van der Waals surface area contributed by atoms with E-state index in [1.807, 2.05) is 30.6 Å². The number of nitrogens with two attached hydrogens (primary N) is 1. The molecule has 1 saturated carbocycles. The zero-order chi connectivity index (χ0) is 25.0. The second kappa shape index (κ2) is 8.82. The fourth-order valence-corrected chi connectivity index (χ4v) is 6.09. The Kier molecular flexibility index (Phi) is 5.41. The van der Waals surface area contributed by atoms with Crippen LogP contribution in [0.1, 0.15) is 31.2 Å². The molecule has 2 aromatic carbocycles. The number of hydrogen-bond donors (Lipinski definition) is 2. The Balaban J connectivity index is 1.20. The van der Waals surface area contributed by atoms with E-state index < -0.39 is 0 Å². The van der Waals surface area contributed by atoms with Gasteiger partial charge in [0, 0.05) is 36.0 Å². The summed E-state index contributed by atoms with van der Waals surface area (Å²) in [5.74, 6) is 8.20. The van der Waals surface area contributed by atoms with Gasteiger partial charge in [-0.1, -0.05) is 42.5 Å². The minimum absolute atomic E-state index is 0.0415. The molecule has 3 N–H and O–H groups in total. The van der Waals surface area contributed by atoms with Gasteiger partial charge in [-0.2, -0.15) is 10.8 Å². The monoisotopic (exact) mass is 491 g/mol. The summed E-state index contributed by atoms with van der Waals surface area (Å²) in [6, 6.07) is 21.3. The SMILES string of the molecule is N[N+]12C=CN=CC1=C(C1CC(N3CCC(O)CC3)C1)N=C2c1ccc2ccc(-c3ccccc3)nc2c1. The van der Waals surface area contributed by atoms with E-state index in [-0.39, 0.29) is 10.7 Å². The fourth-order valence-electron chi connectivity index (χ4n) is 6.09. The summed E-state index contributed by atoms with van der Waals surface area (Å²) >= 11 is 0. The molecule has 186 valence electrons. The average molecular weight is 492 g/mol. The van der Waals surface area contributed by atoms with Crippen LogP contribution in [0, 0.1) is 5.92 Å². The van der Waals surface area contributed by atoms with Gasteiger partial charge in [0.1, 0.15) is 11.9 Å². The van der Waals surface area contributed by atoms with Crippen molar-refractivity contribution in [2.45, 2.75) is 37.8 Å². The Morgan fingerprint density at radius 1 is 0.946 bits per heavy atom. The molecule has 0 bridgehead atoms. The first-order valence-electron chi connectivity index (χ1n) is 13.2. The Morgan fingerprint density at radius 2 is 1.73 bits per heavy atom. The van der Waals surface area contributed by atoms with Gasteiger partial charge in [0.25, 0.3) is 5.84 Å². The molecule has 2 fully saturated rings. The first kappa shape index (κ1) is 22.7.